The second kappa shape index (κ2) is 5.35. The van der Waals surface area contributed by atoms with E-state index in [0.29, 0.717) is 10.2 Å². The number of hydrogen-bond donors (Lipinski definition) is 1. The summed E-state index contributed by atoms with van der Waals surface area (Å²) in [6.45, 7) is 2.11. The van der Waals surface area contributed by atoms with E-state index in [0.717, 1.165) is 5.76 Å². The Morgan fingerprint density at radius 3 is 2.78 bits per heavy atom. The standard InChI is InChI=1S/C13H11BrFNO2/c1-8-2-4-10(18-8)7-16-13(17)9-3-5-11(14)12(15)6-9/h2-6H,7H2,1H3,(H,16,17). The van der Waals surface area contributed by atoms with Crippen molar-refractivity contribution >= 4 is 21.8 Å². The molecule has 2 rings (SSSR count). The van der Waals surface area contributed by atoms with Gasteiger partial charge in [0.1, 0.15) is 17.3 Å². The third-order valence-electron chi connectivity index (χ3n) is 2.40. The highest BCUT2D eigenvalue weighted by Gasteiger charge is 2.09. The van der Waals surface area contributed by atoms with Crippen LogP contribution in [0.1, 0.15) is 21.9 Å². The molecule has 1 heterocycles. The molecule has 0 aliphatic heterocycles. The van der Waals surface area contributed by atoms with Crippen molar-refractivity contribution in [2.24, 2.45) is 0 Å². The lowest BCUT2D eigenvalue weighted by atomic mass is 10.2. The number of halogens is 2. The van der Waals surface area contributed by atoms with Crippen molar-refractivity contribution in [2.45, 2.75) is 13.5 Å². The van der Waals surface area contributed by atoms with Crippen LogP contribution >= 0.6 is 15.9 Å². The van der Waals surface area contributed by atoms with Crippen LogP contribution in [-0.4, -0.2) is 5.91 Å². The Balaban J connectivity index is 2.01. The van der Waals surface area contributed by atoms with Crippen LogP contribution in [0.4, 0.5) is 4.39 Å². The third-order valence-corrected chi connectivity index (χ3v) is 3.04. The highest BCUT2D eigenvalue weighted by atomic mass is 79.9. The Morgan fingerprint density at radius 1 is 1.39 bits per heavy atom. The molecule has 1 N–H and O–H groups in total. The smallest absolute Gasteiger partial charge is 0.251 e. The molecule has 0 spiro atoms. The SMILES string of the molecule is Cc1ccc(CNC(=O)c2ccc(Br)c(F)c2)o1. The molecule has 0 aliphatic carbocycles. The van der Waals surface area contributed by atoms with E-state index in [9.17, 15) is 9.18 Å². The van der Waals surface area contributed by atoms with Crippen molar-refractivity contribution in [3.8, 4) is 0 Å². The quantitative estimate of drug-likeness (QED) is 0.943. The number of amides is 1. The summed E-state index contributed by atoms with van der Waals surface area (Å²) in [5, 5.41) is 2.66. The summed E-state index contributed by atoms with van der Waals surface area (Å²) in [5.41, 5.74) is 0.277. The van der Waals surface area contributed by atoms with Crippen molar-refractivity contribution < 1.29 is 13.6 Å². The van der Waals surface area contributed by atoms with Gasteiger partial charge in [-0.25, -0.2) is 4.39 Å². The topological polar surface area (TPSA) is 42.2 Å². The van der Waals surface area contributed by atoms with Crippen LogP contribution in [0.2, 0.25) is 0 Å². The lowest BCUT2D eigenvalue weighted by Gasteiger charge is -2.04. The molecular formula is C13H11BrFNO2. The fourth-order valence-electron chi connectivity index (χ4n) is 1.49. The van der Waals surface area contributed by atoms with Gasteiger partial charge in [0.05, 0.1) is 11.0 Å². The highest BCUT2D eigenvalue weighted by Crippen LogP contribution is 2.16. The third kappa shape index (κ3) is 2.98. The number of hydrogen-bond acceptors (Lipinski definition) is 2. The summed E-state index contributed by atoms with van der Waals surface area (Å²) < 4.78 is 18.9. The van der Waals surface area contributed by atoms with E-state index in [2.05, 4.69) is 21.2 Å². The predicted molar refractivity (Wildman–Crippen MR) is 68.7 cm³/mol. The molecule has 0 saturated carbocycles. The molecule has 0 radical (unpaired) electrons. The average molecular weight is 312 g/mol. The summed E-state index contributed by atoms with van der Waals surface area (Å²) in [6.07, 6.45) is 0. The molecule has 3 nitrogen and oxygen atoms in total. The molecule has 94 valence electrons. The molecule has 0 atom stereocenters. The van der Waals surface area contributed by atoms with Gasteiger partial charge in [0.2, 0.25) is 0 Å². The van der Waals surface area contributed by atoms with Crippen LogP contribution in [0, 0.1) is 12.7 Å². The first-order valence-corrected chi connectivity index (χ1v) is 6.14. The normalized spacial score (nSPS) is 10.4. The van der Waals surface area contributed by atoms with Crippen LogP contribution in [0.15, 0.2) is 39.2 Å². The Kier molecular flexibility index (Phi) is 3.81. The first kappa shape index (κ1) is 12.8. The van der Waals surface area contributed by atoms with E-state index in [4.69, 9.17) is 4.42 Å². The second-order valence-electron chi connectivity index (χ2n) is 3.82. The average Bonchev–Trinajstić information content (AvgIpc) is 2.75. The lowest BCUT2D eigenvalue weighted by Crippen LogP contribution is -2.22. The predicted octanol–water partition coefficient (Wildman–Crippen LogP) is 3.42. The zero-order chi connectivity index (χ0) is 13.1. The Bertz CT molecular complexity index is 580. The monoisotopic (exact) mass is 311 g/mol. The van der Waals surface area contributed by atoms with Gasteiger partial charge in [-0.2, -0.15) is 0 Å². The van der Waals surface area contributed by atoms with Gasteiger partial charge in [-0.15, -0.1) is 0 Å². The van der Waals surface area contributed by atoms with Gasteiger partial charge in [-0.3, -0.25) is 4.79 Å². The van der Waals surface area contributed by atoms with E-state index in [1.54, 1.807) is 12.1 Å². The number of furan rings is 1. The molecule has 1 aromatic carbocycles. The molecular weight excluding hydrogens is 301 g/mol. The largest absolute Gasteiger partial charge is 0.465 e. The molecule has 0 saturated heterocycles. The second-order valence-corrected chi connectivity index (χ2v) is 4.68. The van der Waals surface area contributed by atoms with E-state index >= 15 is 0 Å². The molecule has 1 amide bonds. The van der Waals surface area contributed by atoms with Gasteiger partial charge in [0.15, 0.2) is 0 Å². The number of aryl methyl sites for hydroxylation is 1. The van der Waals surface area contributed by atoms with Gasteiger partial charge >= 0.3 is 0 Å². The minimum Gasteiger partial charge on any atom is -0.465 e. The molecule has 0 unspecified atom stereocenters. The van der Waals surface area contributed by atoms with E-state index in [1.807, 2.05) is 13.0 Å². The number of carbonyl (C=O) groups is 1. The zero-order valence-electron chi connectivity index (χ0n) is 9.67. The van der Waals surface area contributed by atoms with Gasteiger partial charge in [0.25, 0.3) is 5.91 Å². The van der Waals surface area contributed by atoms with Gasteiger partial charge < -0.3 is 9.73 Å². The maximum absolute atomic E-state index is 13.3. The van der Waals surface area contributed by atoms with Crippen molar-refractivity contribution in [1.82, 2.24) is 5.32 Å². The van der Waals surface area contributed by atoms with Crippen LogP contribution in [0.3, 0.4) is 0 Å². The van der Waals surface area contributed by atoms with Crippen molar-refractivity contribution in [2.75, 3.05) is 0 Å². The zero-order valence-corrected chi connectivity index (χ0v) is 11.3. The maximum atomic E-state index is 13.3. The molecule has 0 fully saturated rings. The van der Waals surface area contributed by atoms with Crippen LogP contribution in [0.5, 0.6) is 0 Å². The first-order valence-electron chi connectivity index (χ1n) is 5.35. The van der Waals surface area contributed by atoms with Crippen molar-refractivity contribution in [3.63, 3.8) is 0 Å². The Labute approximate surface area is 112 Å². The summed E-state index contributed by atoms with van der Waals surface area (Å²) in [4.78, 5) is 11.8. The van der Waals surface area contributed by atoms with Crippen LogP contribution in [-0.2, 0) is 6.54 Å². The van der Waals surface area contributed by atoms with Gasteiger partial charge in [-0.1, -0.05) is 0 Å². The van der Waals surface area contributed by atoms with Gasteiger partial charge in [0, 0.05) is 5.56 Å². The van der Waals surface area contributed by atoms with Crippen molar-refractivity contribution in [3.05, 3.63) is 57.7 Å². The minimum absolute atomic E-state index is 0.277. The highest BCUT2D eigenvalue weighted by molar-refractivity contribution is 9.10. The van der Waals surface area contributed by atoms with E-state index in [1.165, 1.54) is 12.1 Å². The number of nitrogens with one attached hydrogen (secondary N) is 1. The summed E-state index contributed by atoms with van der Waals surface area (Å²) in [5.74, 6) is 0.652. The number of rotatable bonds is 3. The molecule has 0 bridgehead atoms. The Hall–Kier alpha value is -1.62. The van der Waals surface area contributed by atoms with Gasteiger partial charge in [-0.05, 0) is 53.2 Å². The number of benzene rings is 1. The Morgan fingerprint density at radius 2 is 2.17 bits per heavy atom. The first-order chi connectivity index (χ1) is 8.56. The molecule has 5 heteroatoms. The fraction of sp³-hybridized carbons (Fsp3) is 0.154. The maximum Gasteiger partial charge on any atom is 0.251 e. The van der Waals surface area contributed by atoms with E-state index < -0.39 is 5.82 Å². The minimum atomic E-state index is -0.462. The summed E-state index contributed by atoms with van der Waals surface area (Å²) >= 11 is 3.04. The molecule has 2 aromatic rings. The van der Waals surface area contributed by atoms with Crippen molar-refractivity contribution in [1.29, 1.82) is 0 Å². The molecule has 18 heavy (non-hydrogen) atoms. The lowest BCUT2D eigenvalue weighted by molar-refractivity contribution is 0.0947. The fourth-order valence-corrected chi connectivity index (χ4v) is 1.73. The summed E-state index contributed by atoms with van der Waals surface area (Å²) in [7, 11) is 0. The summed E-state index contributed by atoms with van der Waals surface area (Å²) in [6, 6.07) is 7.85. The van der Waals surface area contributed by atoms with Crippen LogP contribution < -0.4 is 5.32 Å². The van der Waals surface area contributed by atoms with E-state index in [-0.39, 0.29) is 18.0 Å². The molecule has 0 aliphatic rings. The number of carbonyl (C=O) groups excluding carboxylic acids is 1. The molecule has 1 aromatic heterocycles. The van der Waals surface area contributed by atoms with Crippen LogP contribution in [0.25, 0.3) is 0 Å².